The van der Waals surface area contributed by atoms with E-state index in [2.05, 4.69) is 12.1 Å². The van der Waals surface area contributed by atoms with Crippen LogP contribution in [0.3, 0.4) is 0 Å². The lowest BCUT2D eigenvalue weighted by Gasteiger charge is -2.28. The standard InChI is InChI=1S/C37H37F3N2O4S/c1-25-11-18-31(19-12-25)47-41(23-29-9-5-6-10-33(29)37(38,39)40)24-35(44)42(30-17-20-32(36(45)46)34(43)21-30)22-26-13-15-28(16-14-26)27-7-3-2-4-8-27/h5-6,9-21,27,43H,2-4,7-8,22-24H2,1H3,(H,45,46). The quantitative estimate of drug-likeness (QED) is 0.156. The Morgan fingerprint density at radius 2 is 1.55 bits per heavy atom. The zero-order chi connectivity index (χ0) is 33.6. The molecule has 246 valence electrons. The maximum Gasteiger partial charge on any atom is 0.416 e. The Morgan fingerprint density at radius 3 is 2.19 bits per heavy atom. The summed E-state index contributed by atoms with van der Waals surface area (Å²) >= 11 is 1.18. The largest absolute Gasteiger partial charge is 0.507 e. The van der Waals surface area contributed by atoms with Crippen LogP contribution in [0.25, 0.3) is 0 Å². The number of rotatable bonds is 11. The summed E-state index contributed by atoms with van der Waals surface area (Å²) in [4.78, 5) is 27.9. The van der Waals surface area contributed by atoms with Crippen LogP contribution in [-0.4, -0.2) is 32.9 Å². The molecule has 4 aromatic rings. The molecule has 10 heteroatoms. The normalized spacial score (nSPS) is 13.9. The summed E-state index contributed by atoms with van der Waals surface area (Å²) in [5.41, 5.74) is 2.30. The first-order chi connectivity index (χ1) is 22.5. The van der Waals surface area contributed by atoms with Crippen molar-refractivity contribution in [3.63, 3.8) is 0 Å². The van der Waals surface area contributed by atoms with E-state index in [0.717, 1.165) is 34.9 Å². The number of carboxylic acid groups (broad SMARTS) is 1. The maximum absolute atomic E-state index is 14.2. The van der Waals surface area contributed by atoms with Gasteiger partial charge in [-0.25, -0.2) is 9.10 Å². The summed E-state index contributed by atoms with van der Waals surface area (Å²) in [6.07, 6.45) is 1.38. The van der Waals surface area contributed by atoms with E-state index in [1.807, 2.05) is 43.3 Å². The third kappa shape index (κ3) is 8.96. The van der Waals surface area contributed by atoms with Crippen LogP contribution in [0.4, 0.5) is 18.9 Å². The highest BCUT2D eigenvalue weighted by Gasteiger charge is 2.34. The van der Waals surface area contributed by atoms with E-state index >= 15 is 0 Å². The molecule has 6 nitrogen and oxygen atoms in total. The van der Waals surface area contributed by atoms with Crippen molar-refractivity contribution in [2.24, 2.45) is 0 Å². The summed E-state index contributed by atoms with van der Waals surface area (Å²) in [6, 6.07) is 24.8. The first kappa shape index (κ1) is 34.1. The molecule has 0 spiro atoms. The Labute approximate surface area is 277 Å². The Balaban J connectivity index is 1.46. The summed E-state index contributed by atoms with van der Waals surface area (Å²) < 4.78 is 43.4. The van der Waals surface area contributed by atoms with Crippen molar-refractivity contribution >= 4 is 29.5 Å². The molecule has 0 bridgehead atoms. The number of aromatic hydroxyl groups is 1. The number of hydrogen-bond acceptors (Lipinski definition) is 5. The van der Waals surface area contributed by atoms with Crippen molar-refractivity contribution in [1.29, 1.82) is 0 Å². The molecule has 0 unspecified atom stereocenters. The molecular formula is C37H37F3N2O4S. The number of anilines is 1. The molecule has 1 aliphatic carbocycles. The number of carbonyl (C=O) groups excluding carboxylic acids is 1. The van der Waals surface area contributed by atoms with Crippen LogP contribution in [0.5, 0.6) is 5.75 Å². The number of aromatic carboxylic acids is 1. The van der Waals surface area contributed by atoms with Crippen LogP contribution < -0.4 is 4.90 Å². The van der Waals surface area contributed by atoms with Gasteiger partial charge in [0, 0.05) is 23.2 Å². The van der Waals surface area contributed by atoms with E-state index in [-0.39, 0.29) is 36.4 Å². The van der Waals surface area contributed by atoms with Gasteiger partial charge in [-0.15, -0.1) is 0 Å². The number of halogens is 3. The van der Waals surface area contributed by atoms with Gasteiger partial charge in [-0.3, -0.25) is 4.79 Å². The highest BCUT2D eigenvalue weighted by atomic mass is 32.2. The van der Waals surface area contributed by atoms with Crippen LogP contribution in [0.15, 0.2) is 95.9 Å². The lowest BCUT2D eigenvalue weighted by molar-refractivity contribution is -0.138. The number of amides is 1. The lowest BCUT2D eigenvalue weighted by atomic mass is 9.84. The van der Waals surface area contributed by atoms with Gasteiger partial charge in [-0.1, -0.05) is 79.4 Å². The fraction of sp³-hybridized carbons (Fsp3) is 0.297. The number of nitrogens with zero attached hydrogens (tertiary/aromatic N) is 2. The molecule has 0 heterocycles. The van der Waals surface area contributed by atoms with Crippen molar-refractivity contribution in [2.45, 2.75) is 69.1 Å². The fourth-order valence-electron chi connectivity index (χ4n) is 5.94. The summed E-state index contributed by atoms with van der Waals surface area (Å²) in [5.74, 6) is -1.74. The third-order valence-corrected chi connectivity index (χ3v) is 9.46. The van der Waals surface area contributed by atoms with Gasteiger partial charge in [0.25, 0.3) is 0 Å². The first-order valence-electron chi connectivity index (χ1n) is 15.6. The SMILES string of the molecule is Cc1ccc(SN(CC(=O)N(Cc2ccc(C3CCCCC3)cc2)c2ccc(C(=O)O)c(O)c2)Cc2ccccc2C(F)(F)F)cc1. The fourth-order valence-corrected chi connectivity index (χ4v) is 6.87. The number of carboxylic acids is 1. The minimum atomic E-state index is -4.57. The van der Waals surface area contributed by atoms with Crippen LogP contribution in [0, 0.1) is 6.92 Å². The number of alkyl halides is 3. The van der Waals surface area contributed by atoms with E-state index < -0.39 is 29.4 Å². The van der Waals surface area contributed by atoms with Crippen molar-refractivity contribution in [3.05, 3.63) is 124 Å². The molecule has 47 heavy (non-hydrogen) atoms. The Bertz CT molecular complexity index is 1690. The second-order valence-electron chi connectivity index (χ2n) is 11.9. The molecule has 2 N–H and O–H groups in total. The van der Waals surface area contributed by atoms with Crippen LogP contribution >= 0.6 is 11.9 Å². The summed E-state index contributed by atoms with van der Waals surface area (Å²) in [5, 5.41) is 19.9. The third-order valence-electron chi connectivity index (χ3n) is 8.46. The van der Waals surface area contributed by atoms with Gasteiger partial charge in [-0.2, -0.15) is 13.2 Å². The Hall–Kier alpha value is -4.28. The molecule has 1 fully saturated rings. The van der Waals surface area contributed by atoms with Gasteiger partial charge in [0.2, 0.25) is 5.91 Å². The second kappa shape index (κ2) is 15.1. The Morgan fingerprint density at radius 1 is 0.872 bits per heavy atom. The minimum Gasteiger partial charge on any atom is -0.507 e. The van der Waals surface area contributed by atoms with Gasteiger partial charge in [-0.05, 0) is 84.7 Å². The maximum atomic E-state index is 14.2. The van der Waals surface area contributed by atoms with Crippen LogP contribution in [-0.2, 0) is 24.1 Å². The zero-order valence-corrected chi connectivity index (χ0v) is 26.9. The van der Waals surface area contributed by atoms with Gasteiger partial charge in [0.15, 0.2) is 0 Å². The molecular weight excluding hydrogens is 625 g/mol. The highest BCUT2D eigenvalue weighted by molar-refractivity contribution is 7.97. The van der Waals surface area contributed by atoms with Crippen molar-refractivity contribution in [2.75, 3.05) is 11.4 Å². The average molecular weight is 663 g/mol. The van der Waals surface area contributed by atoms with E-state index in [1.165, 1.54) is 78.1 Å². The molecule has 0 atom stereocenters. The molecule has 0 aromatic heterocycles. The molecule has 1 saturated carbocycles. The monoisotopic (exact) mass is 662 g/mol. The van der Waals surface area contributed by atoms with E-state index in [4.69, 9.17) is 0 Å². The predicted octanol–water partition coefficient (Wildman–Crippen LogP) is 9.21. The smallest absolute Gasteiger partial charge is 0.416 e. The number of aryl methyl sites for hydroxylation is 1. The second-order valence-corrected chi connectivity index (χ2v) is 13.1. The molecule has 4 aromatic carbocycles. The van der Waals surface area contributed by atoms with E-state index in [9.17, 15) is 33.0 Å². The molecule has 5 rings (SSSR count). The lowest BCUT2D eigenvalue weighted by Crippen LogP contribution is -2.38. The topological polar surface area (TPSA) is 81.1 Å². The molecule has 0 radical (unpaired) electrons. The number of hydrogen-bond donors (Lipinski definition) is 2. The predicted molar refractivity (Wildman–Crippen MR) is 177 cm³/mol. The number of carbonyl (C=O) groups is 2. The van der Waals surface area contributed by atoms with E-state index in [0.29, 0.717) is 5.92 Å². The van der Waals surface area contributed by atoms with E-state index in [1.54, 1.807) is 4.31 Å². The molecule has 1 aliphatic rings. The van der Waals surface area contributed by atoms with Gasteiger partial charge >= 0.3 is 12.1 Å². The molecule has 0 saturated heterocycles. The van der Waals surface area contributed by atoms with Crippen molar-refractivity contribution < 1.29 is 33.0 Å². The number of benzene rings is 4. The zero-order valence-electron chi connectivity index (χ0n) is 26.0. The van der Waals surface area contributed by atoms with Crippen molar-refractivity contribution in [3.8, 4) is 5.75 Å². The van der Waals surface area contributed by atoms with Gasteiger partial charge < -0.3 is 15.1 Å². The molecule has 1 amide bonds. The van der Waals surface area contributed by atoms with Gasteiger partial charge in [0.05, 0.1) is 18.7 Å². The highest BCUT2D eigenvalue weighted by Crippen LogP contribution is 2.36. The van der Waals surface area contributed by atoms with Crippen LogP contribution in [0.2, 0.25) is 0 Å². The first-order valence-corrected chi connectivity index (χ1v) is 16.4. The van der Waals surface area contributed by atoms with Gasteiger partial charge in [0.1, 0.15) is 11.3 Å². The number of phenols is 1. The molecule has 0 aliphatic heterocycles. The van der Waals surface area contributed by atoms with Crippen LogP contribution in [0.1, 0.15) is 76.2 Å². The minimum absolute atomic E-state index is 0.0284. The average Bonchev–Trinajstić information content (AvgIpc) is 3.05. The van der Waals surface area contributed by atoms with Crippen molar-refractivity contribution in [1.82, 2.24) is 4.31 Å². The Kier molecular flexibility index (Phi) is 10.9. The summed E-state index contributed by atoms with van der Waals surface area (Å²) in [6.45, 7) is 1.59. The summed E-state index contributed by atoms with van der Waals surface area (Å²) in [7, 11) is 0.